The number of aryl methyl sites for hydroxylation is 2. The largest absolute Gasteiger partial charge is 0.444 e. The van der Waals surface area contributed by atoms with E-state index in [1.54, 1.807) is 7.05 Å². The van der Waals surface area contributed by atoms with Crippen molar-refractivity contribution in [2.24, 2.45) is 4.99 Å². The lowest BCUT2D eigenvalue weighted by molar-refractivity contribution is 0.0448. The number of nitrogens with zero attached hydrogens (tertiary/aromatic N) is 3. The van der Waals surface area contributed by atoms with Gasteiger partial charge in [-0.1, -0.05) is 13.8 Å². The fraction of sp³-hybridized carbons (Fsp3) is 0.750. The maximum absolute atomic E-state index is 12.2. The molecule has 0 radical (unpaired) electrons. The lowest BCUT2D eigenvalue weighted by Gasteiger charge is -2.34. The smallest absolute Gasteiger partial charge is 0.408 e. The Hall–Kier alpha value is -1.52. The minimum absolute atomic E-state index is 0. The molecule has 1 rings (SSSR count). The summed E-state index contributed by atoms with van der Waals surface area (Å²) in [4.78, 5) is 16.5. The van der Waals surface area contributed by atoms with Gasteiger partial charge in [-0.2, -0.15) is 5.10 Å². The molecule has 1 aromatic heterocycles. The van der Waals surface area contributed by atoms with Gasteiger partial charge in [0.1, 0.15) is 5.60 Å². The molecule has 0 aliphatic carbocycles. The fourth-order valence-electron chi connectivity index (χ4n) is 2.75. The SMILES string of the molecule is CCC(CC)(CNC(=NC)NCCCn1cc(C)cn1)NC(=O)OC(C)(C)C.I. The summed E-state index contributed by atoms with van der Waals surface area (Å²) in [7, 11) is 1.74. The Morgan fingerprint density at radius 3 is 2.38 bits per heavy atom. The second-order valence-electron chi connectivity index (χ2n) is 8.10. The molecule has 0 bridgehead atoms. The number of aliphatic imine (C=N–C) groups is 1. The first-order valence-corrected chi connectivity index (χ1v) is 10.1. The fourth-order valence-corrected chi connectivity index (χ4v) is 2.75. The molecule has 168 valence electrons. The van der Waals surface area contributed by atoms with Gasteiger partial charge >= 0.3 is 6.09 Å². The third-order valence-electron chi connectivity index (χ3n) is 4.56. The number of amides is 1. The molecule has 3 N–H and O–H groups in total. The van der Waals surface area contributed by atoms with Gasteiger partial charge in [-0.25, -0.2) is 4.79 Å². The lowest BCUT2D eigenvalue weighted by atomic mass is 9.93. The van der Waals surface area contributed by atoms with Crippen LogP contribution < -0.4 is 16.0 Å². The average Bonchev–Trinajstić information content (AvgIpc) is 3.03. The zero-order valence-electron chi connectivity index (χ0n) is 19.0. The number of hydrogen-bond acceptors (Lipinski definition) is 4. The number of ether oxygens (including phenoxy) is 1. The second-order valence-corrected chi connectivity index (χ2v) is 8.10. The average molecular weight is 522 g/mol. The molecule has 0 saturated heterocycles. The Kier molecular flexibility index (Phi) is 12.2. The number of alkyl carbamates (subject to hydrolysis) is 1. The summed E-state index contributed by atoms with van der Waals surface area (Å²) in [5, 5.41) is 14.0. The number of guanidine groups is 1. The molecular weight excluding hydrogens is 483 g/mol. The van der Waals surface area contributed by atoms with E-state index in [0.29, 0.717) is 12.5 Å². The Morgan fingerprint density at radius 2 is 1.90 bits per heavy atom. The van der Waals surface area contributed by atoms with E-state index in [0.717, 1.165) is 32.4 Å². The van der Waals surface area contributed by atoms with Crippen LogP contribution in [-0.2, 0) is 11.3 Å². The molecular formula is C20H39IN6O2. The third kappa shape index (κ3) is 10.7. The Morgan fingerprint density at radius 1 is 1.24 bits per heavy atom. The summed E-state index contributed by atoms with van der Waals surface area (Å²) in [6.45, 7) is 13.9. The van der Waals surface area contributed by atoms with Crippen LogP contribution in [0.25, 0.3) is 0 Å². The van der Waals surface area contributed by atoms with E-state index < -0.39 is 17.2 Å². The van der Waals surface area contributed by atoms with Crippen molar-refractivity contribution in [2.45, 2.75) is 78.5 Å². The van der Waals surface area contributed by atoms with Crippen molar-refractivity contribution < 1.29 is 9.53 Å². The molecule has 8 nitrogen and oxygen atoms in total. The van der Waals surface area contributed by atoms with Crippen LogP contribution in [0.2, 0.25) is 0 Å². The van der Waals surface area contributed by atoms with Crippen LogP contribution in [0.5, 0.6) is 0 Å². The summed E-state index contributed by atoms with van der Waals surface area (Å²) >= 11 is 0. The maximum Gasteiger partial charge on any atom is 0.408 e. The van der Waals surface area contributed by atoms with E-state index in [1.165, 1.54) is 5.56 Å². The zero-order valence-corrected chi connectivity index (χ0v) is 21.3. The first kappa shape index (κ1) is 27.5. The van der Waals surface area contributed by atoms with Gasteiger partial charge in [0.2, 0.25) is 0 Å². The van der Waals surface area contributed by atoms with Gasteiger partial charge in [0.25, 0.3) is 0 Å². The van der Waals surface area contributed by atoms with Gasteiger partial charge in [0.15, 0.2) is 5.96 Å². The predicted octanol–water partition coefficient (Wildman–Crippen LogP) is 3.45. The second kappa shape index (κ2) is 12.9. The summed E-state index contributed by atoms with van der Waals surface area (Å²) in [6.07, 6.45) is 6.00. The van der Waals surface area contributed by atoms with Crippen molar-refractivity contribution in [3.05, 3.63) is 18.0 Å². The van der Waals surface area contributed by atoms with E-state index in [-0.39, 0.29) is 24.0 Å². The van der Waals surface area contributed by atoms with Gasteiger partial charge in [0.05, 0.1) is 11.7 Å². The van der Waals surface area contributed by atoms with Crippen LogP contribution in [0.3, 0.4) is 0 Å². The van der Waals surface area contributed by atoms with Crippen LogP contribution in [0.4, 0.5) is 4.79 Å². The standard InChI is InChI=1S/C20H38N6O2.HI/c1-8-20(9-2,25-18(27)28-19(4,5)6)15-23-17(21-7)22-11-10-12-26-14-16(3)13-24-26;/h13-14H,8-12,15H2,1-7H3,(H,25,27)(H2,21,22,23);1H. The summed E-state index contributed by atoms with van der Waals surface area (Å²) in [5.41, 5.74) is 0.250. The minimum Gasteiger partial charge on any atom is -0.444 e. The number of halogens is 1. The van der Waals surface area contributed by atoms with Crippen LogP contribution in [0.1, 0.15) is 59.4 Å². The Balaban J connectivity index is 0.00000784. The van der Waals surface area contributed by atoms with E-state index >= 15 is 0 Å². The van der Waals surface area contributed by atoms with E-state index in [4.69, 9.17) is 4.74 Å². The molecule has 0 fully saturated rings. The molecule has 1 heterocycles. The monoisotopic (exact) mass is 522 g/mol. The van der Waals surface area contributed by atoms with E-state index in [2.05, 4.69) is 39.9 Å². The van der Waals surface area contributed by atoms with Gasteiger partial charge in [0, 0.05) is 32.9 Å². The number of hydrogen-bond donors (Lipinski definition) is 3. The number of nitrogens with one attached hydrogen (secondary N) is 3. The molecule has 0 spiro atoms. The molecule has 0 saturated carbocycles. The topological polar surface area (TPSA) is 92.6 Å². The zero-order chi connectivity index (χ0) is 21.2. The highest BCUT2D eigenvalue weighted by Crippen LogP contribution is 2.16. The molecule has 1 aromatic rings. The van der Waals surface area contributed by atoms with Crippen molar-refractivity contribution in [3.63, 3.8) is 0 Å². The normalized spacial score (nSPS) is 12.2. The highest BCUT2D eigenvalue weighted by atomic mass is 127. The van der Waals surface area contributed by atoms with Crippen LogP contribution in [-0.4, -0.2) is 53.1 Å². The minimum atomic E-state index is -0.518. The van der Waals surface area contributed by atoms with Crippen molar-refractivity contribution in [3.8, 4) is 0 Å². The molecule has 29 heavy (non-hydrogen) atoms. The molecule has 0 aromatic carbocycles. The summed E-state index contributed by atoms with van der Waals surface area (Å²) < 4.78 is 7.36. The van der Waals surface area contributed by atoms with Crippen LogP contribution in [0, 0.1) is 6.92 Å². The highest BCUT2D eigenvalue weighted by molar-refractivity contribution is 14.0. The summed E-state index contributed by atoms with van der Waals surface area (Å²) in [6, 6.07) is 0. The van der Waals surface area contributed by atoms with Gasteiger partial charge in [-0.05, 0) is 52.5 Å². The van der Waals surface area contributed by atoms with E-state index in [1.807, 2.05) is 44.8 Å². The molecule has 0 unspecified atom stereocenters. The number of carbonyl (C=O) groups is 1. The highest BCUT2D eigenvalue weighted by Gasteiger charge is 2.30. The number of aromatic nitrogens is 2. The van der Waals surface area contributed by atoms with Crippen molar-refractivity contribution >= 4 is 36.0 Å². The number of carbonyl (C=O) groups excluding carboxylic acids is 1. The Labute approximate surface area is 192 Å². The quantitative estimate of drug-likeness (QED) is 0.200. The third-order valence-corrected chi connectivity index (χ3v) is 4.56. The maximum atomic E-state index is 12.2. The Bertz CT molecular complexity index is 635. The first-order chi connectivity index (χ1) is 13.1. The summed E-state index contributed by atoms with van der Waals surface area (Å²) in [5.74, 6) is 0.717. The molecule has 0 aliphatic rings. The van der Waals surface area contributed by atoms with Crippen molar-refractivity contribution in [1.82, 2.24) is 25.7 Å². The molecule has 0 aliphatic heterocycles. The molecule has 1 amide bonds. The van der Waals surface area contributed by atoms with Gasteiger partial charge in [-0.3, -0.25) is 9.67 Å². The lowest BCUT2D eigenvalue weighted by Crippen LogP contribution is -2.57. The number of rotatable bonds is 9. The van der Waals surface area contributed by atoms with Crippen molar-refractivity contribution in [2.75, 3.05) is 20.1 Å². The molecule has 9 heteroatoms. The van der Waals surface area contributed by atoms with Gasteiger partial charge < -0.3 is 20.7 Å². The first-order valence-electron chi connectivity index (χ1n) is 10.1. The predicted molar refractivity (Wildman–Crippen MR) is 129 cm³/mol. The van der Waals surface area contributed by atoms with E-state index in [9.17, 15) is 4.79 Å². The van der Waals surface area contributed by atoms with Crippen LogP contribution in [0.15, 0.2) is 17.4 Å². The van der Waals surface area contributed by atoms with Crippen molar-refractivity contribution in [1.29, 1.82) is 0 Å². The van der Waals surface area contributed by atoms with Crippen LogP contribution >= 0.6 is 24.0 Å². The molecule has 0 atom stereocenters. The van der Waals surface area contributed by atoms with Gasteiger partial charge in [-0.15, -0.1) is 24.0 Å².